The molecule has 0 aliphatic heterocycles. The number of hydrogen-bond donors (Lipinski definition) is 1. The van der Waals surface area contributed by atoms with Gasteiger partial charge in [-0.05, 0) is 55.3 Å². The maximum absolute atomic E-state index is 5.51. The minimum Gasteiger partial charge on any atom is -0.496 e. The molecule has 0 heterocycles. The topological polar surface area (TPSA) is 21.3 Å². The molecule has 0 saturated carbocycles. The molecule has 112 valence electrons. The van der Waals surface area contributed by atoms with Gasteiger partial charge >= 0.3 is 0 Å². The molecule has 20 heavy (non-hydrogen) atoms. The van der Waals surface area contributed by atoms with Crippen molar-refractivity contribution in [2.45, 2.75) is 38.6 Å². The Morgan fingerprint density at radius 1 is 1.40 bits per heavy atom. The number of nitrogens with one attached hydrogen (secondary N) is 1. The number of ether oxygens (including phenoxy) is 1. The van der Waals surface area contributed by atoms with E-state index in [1.165, 1.54) is 17.5 Å². The highest BCUT2D eigenvalue weighted by molar-refractivity contribution is 5.85. The Balaban J connectivity index is 0.00000200. The normalized spacial score (nSPS) is 20.7. The van der Waals surface area contributed by atoms with Crippen LogP contribution in [0.3, 0.4) is 0 Å². The second-order valence-electron chi connectivity index (χ2n) is 5.35. The monoisotopic (exact) mass is 295 g/mol. The van der Waals surface area contributed by atoms with Gasteiger partial charge in [0.1, 0.15) is 5.75 Å². The molecule has 2 nitrogen and oxygen atoms in total. The van der Waals surface area contributed by atoms with Crippen molar-refractivity contribution in [1.29, 1.82) is 0 Å². The first-order valence-electron chi connectivity index (χ1n) is 7.29. The average molecular weight is 296 g/mol. The number of fused-ring (bicyclic) bond motifs is 1. The van der Waals surface area contributed by atoms with E-state index in [-0.39, 0.29) is 12.4 Å². The number of hydrogen-bond acceptors (Lipinski definition) is 2. The Morgan fingerprint density at radius 2 is 2.20 bits per heavy atom. The van der Waals surface area contributed by atoms with Crippen molar-refractivity contribution in [2.75, 3.05) is 13.7 Å². The van der Waals surface area contributed by atoms with Gasteiger partial charge in [-0.15, -0.1) is 19.0 Å². The average Bonchev–Trinajstić information content (AvgIpc) is 2.44. The summed E-state index contributed by atoms with van der Waals surface area (Å²) < 4.78 is 5.51. The summed E-state index contributed by atoms with van der Waals surface area (Å²) in [5.41, 5.74) is 2.83. The van der Waals surface area contributed by atoms with Crippen LogP contribution in [0.15, 0.2) is 30.9 Å². The zero-order chi connectivity index (χ0) is 13.7. The number of benzene rings is 1. The first-order chi connectivity index (χ1) is 9.30. The molecule has 0 spiro atoms. The highest BCUT2D eigenvalue weighted by atomic mass is 35.5. The van der Waals surface area contributed by atoms with Crippen molar-refractivity contribution in [1.82, 2.24) is 5.32 Å². The van der Waals surface area contributed by atoms with Crippen LogP contribution in [0, 0.1) is 5.92 Å². The lowest BCUT2D eigenvalue weighted by Crippen LogP contribution is -2.42. The van der Waals surface area contributed by atoms with E-state index in [9.17, 15) is 0 Å². The van der Waals surface area contributed by atoms with Crippen LogP contribution in [0.5, 0.6) is 5.75 Å². The predicted molar refractivity (Wildman–Crippen MR) is 88.0 cm³/mol. The van der Waals surface area contributed by atoms with E-state index < -0.39 is 0 Å². The fourth-order valence-corrected chi connectivity index (χ4v) is 3.07. The van der Waals surface area contributed by atoms with Crippen molar-refractivity contribution in [2.24, 2.45) is 5.92 Å². The lowest BCUT2D eigenvalue weighted by Gasteiger charge is -2.34. The molecule has 0 bridgehead atoms. The van der Waals surface area contributed by atoms with Gasteiger partial charge in [-0.25, -0.2) is 0 Å². The van der Waals surface area contributed by atoms with Gasteiger partial charge in [-0.1, -0.05) is 25.1 Å². The second kappa shape index (κ2) is 8.33. The van der Waals surface area contributed by atoms with Gasteiger partial charge in [0.25, 0.3) is 0 Å². The van der Waals surface area contributed by atoms with Gasteiger partial charge in [0.05, 0.1) is 7.11 Å². The first kappa shape index (κ1) is 17.1. The third kappa shape index (κ3) is 3.77. The van der Waals surface area contributed by atoms with Gasteiger partial charge in [0.2, 0.25) is 0 Å². The summed E-state index contributed by atoms with van der Waals surface area (Å²) in [6.45, 7) is 7.21. The van der Waals surface area contributed by atoms with Crippen molar-refractivity contribution in [3.63, 3.8) is 0 Å². The molecule has 2 atom stereocenters. The predicted octanol–water partition coefficient (Wildman–Crippen LogP) is 3.78. The SMILES string of the molecule is C=CC[C@@H]1Cc2cccc(OC)c2C[C@@H]1NCCC.Cl. The Labute approximate surface area is 129 Å². The number of halogens is 1. The van der Waals surface area contributed by atoms with Crippen LogP contribution in [-0.4, -0.2) is 19.7 Å². The zero-order valence-corrected chi connectivity index (χ0v) is 13.3. The van der Waals surface area contributed by atoms with E-state index in [2.05, 4.69) is 43.1 Å². The largest absolute Gasteiger partial charge is 0.496 e. The third-order valence-electron chi connectivity index (χ3n) is 4.05. The summed E-state index contributed by atoms with van der Waals surface area (Å²) in [4.78, 5) is 0. The summed E-state index contributed by atoms with van der Waals surface area (Å²) in [6, 6.07) is 6.96. The molecule has 0 fully saturated rings. The third-order valence-corrected chi connectivity index (χ3v) is 4.05. The second-order valence-corrected chi connectivity index (χ2v) is 5.35. The summed E-state index contributed by atoms with van der Waals surface area (Å²) in [7, 11) is 1.76. The van der Waals surface area contributed by atoms with E-state index in [0.29, 0.717) is 12.0 Å². The summed E-state index contributed by atoms with van der Waals surface area (Å²) in [6.07, 6.45) is 6.50. The van der Waals surface area contributed by atoms with Crippen molar-refractivity contribution >= 4 is 12.4 Å². The van der Waals surface area contributed by atoms with Crippen LogP contribution in [0.2, 0.25) is 0 Å². The van der Waals surface area contributed by atoms with Crippen molar-refractivity contribution in [3.05, 3.63) is 42.0 Å². The Bertz CT molecular complexity index is 433. The van der Waals surface area contributed by atoms with E-state index in [1.807, 2.05) is 0 Å². The van der Waals surface area contributed by atoms with Crippen molar-refractivity contribution in [3.8, 4) is 5.75 Å². The smallest absolute Gasteiger partial charge is 0.122 e. The van der Waals surface area contributed by atoms with Gasteiger partial charge in [0, 0.05) is 6.04 Å². The van der Waals surface area contributed by atoms with E-state index in [0.717, 1.165) is 31.6 Å². The van der Waals surface area contributed by atoms with E-state index in [4.69, 9.17) is 4.74 Å². The molecule has 1 N–H and O–H groups in total. The molecule has 0 unspecified atom stereocenters. The lowest BCUT2D eigenvalue weighted by molar-refractivity contribution is 0.323. The molecule has 1 aliphatic rings. The van der Waals surface area contributed by atoms with Gasteiger partial charge < -0.3 is 10.1 Å². The first-order valence-corrected chi connectivity index (χ1v) is 7.29. The molecule has 1 aromatic rings. The fraction of sp³-hybridized carbons (Fsp3) is 0.529. The zero-order valence-electron chi connectivity index (χ0n) is 12.5. The highest BCUT2D eigenvalue weighted by Crippen LogP contribution is 2.33. The van der Waals surface area contributed by atoms with Gasteiger partial charge in [0.15, 0.2) is 0 Å². The van der Waals surface area contributed by atoms with Crippen LogP contribution >= 0.6 is 12.4 Å². The molecule has 0 aromatic heterocycles. The summed E-state index contributed by atoms with van der Waals surface area (Å²) in [5.74, 6) is 1.70. The molecular formula is C17H26ClNO. The van der Waals surface area contributed by atoms with E-state index >= 15 is 0 Å². The number of methoxy groups -OCH3 is 1. The molecule has 1 aromatic carbocycles. The molecular weight excluding hydrogens is 270 g/mol. The number of rotatable bonds is 6. The standard InChI is InChI=1S/C17H25NO.ClH/c1-4-7-14-11-13-8-6-9-17(19-3)15(13)12-16(14)18-10-5-2;/h4,6,8-9,14,16,18H,1,5,7,10-12H2,2-3H3;1H/t14-,16+;/m1./s1. The molecule has 1 aliphatic carbocycles. The Hall–Kier alpha value is -0.990. The molecule has 0 saturated heterocycles. The van der Waals surface area contributed by atoms with Crippen LogP contribution in [0.4, 0.5) is 0 Å². The molecule has 0 amide bonds. The fourth-order valence-electron chi connectivity index (χ4n) is 3.07. The minimum atomic E-state index is 0. The lowest BCUT2D eigenvalue weighted by atomic mass is 9.78. The van der Waals surface area contributed by atoms with Crippen LogP contribution in [-0.2, 0) is 12.8 Å². The number of allylic oxidation sites excluding steroid dienone is 1. The highest BCUT2D eigenvalue weighted by Gasteiger charge is 2.28. The Morgan fingerprint density at radius 3 is 2.85 bits per heavy atom. The minimum absolute atomic E-state index is 0. The molecule has 2 rings (SSSR count). The summed E-state index contributed by atoms with van der Waals surface area (Å²) >= 11 is 0. The van der Waals surface area contributed by atoms with Crippen molar-refractivity contribution < 1.29 is 4.74 Å². The van der Waals surface area contributed by atoms with Gasteiger partial charge in [-0.2, -0.15) is 0 Å². The maximum atomic E-state index is 5.51. The van der Waals surface area contributed by atoms with Gasteiger partial charge in [-0.3, -0.25) is 0 Å². The molecule has 3 heteroatoms. The molecule has 0 radical (unpaired) electrons. The van der Waals surface area contributed by atoms with Crippen LogP contribution in [0.25, 0.3) is 0 Å². The quantitative estimate of drug-likeness (QED) is 0.807. The van der Waals surface area contributed by atoms with E-state index in [1.54, 1.807) is 7.11 Å². The maximum Gasteiger partial charge on any atom is 0.122 e. The van der Waals surface area contributed by atoms with Crippen LogP contribution in [0.1, 0.15) is 30.9 Å². The Kier molecular flexibility index (Phi) is 7.11. The van der Waals surface area contributed by atoms with Crippen LogP contribution < -0.4 is 10.1 Å². The summed E-state index contributed by atoms with van der Waals surface area (Å²) in [5, 5.41) is 3.70.